The lowest BCUT2D eigenvalue weighted by atomic mass is 10.2. The molecule has 0 unspecified atom stereocenters. The van der Waals surface area contributed by atoms with E-state index >= 15 is 0 Å². The minimum Gasteiger partial charge on any atom is -0.342 e. The summed E-state index contributed by atoms with van der Waals surface area (Å²) in [5, 5.41) is 1.50. The van der Waals surface area contributed by atoms with Crippen LogP contribution in [0.1, 0.15) is 22.5 Å². The van der Waals surface area contributed by atoms with Gasteiger partial charge in [-0.15, -0.1) is 11.3 Å². The van der Waals surface area contributed by atoms with Crippen LogP contribution in [0, 0.1) is 0 Å². The molecule has 0 bridgehead atoms. The molecule has 2 amide bonds. The van der Waals surface area contributed by atoms with Crippen molar-refractivity contribution < 1.29 is 9.59 Å². The Morgan fingerprint density at radius 3 is 2.35 bits per heavy atom. The fourth-order valence-corrected chi connectivity index (χ4v) is 5.14. The van der Waals surface area contributed by atoms with Crippen molar-refractivity contribution in [2.24, 2.45) is 0 Å². The highest BCUT2D eigenvalue weighted by molar-refractivity contribution is 7.21. The maximum atomic E-state index is 12.9. The second kappa shape index (κ2) is 7.55. The largest absolute Gasteiger partial charge is 0.342 e. The average Bonchev–Trinajstić information content (AvgIpc) is 3.31. The summed E-state index contributed by atoms with van der Waals surface area (Å²) in [5.41, 5.74) is 0. The van der Waals surface area contributed by atoms with Crippen LogP contribution in [0.4, 0.5) is 0 Å². The van der Waals surface area contributed by atoms with Gasteiger partial charge in [-0.2, -0.15) is 0 Å². The molecule has 0 saturated carbocycles. The lowest BCUT2D eigenvalue weighted by Crippen LogP contribution is -2.51. The topological polar surface area (TPSA) is 43.9 Å². The number of hydrogen-bond acceptors (Lipinski definition) is 4. The Morgan fingerprint density at radius 2 is 1.65 bits per heavy atom. The Balaban J connectivity index is 1.37. The van der Waals surface area contributed by atoms with E-state index in [9.17, 15) is 9.59 Å². The van der Waals surface area contributed by atoms with Gasteiger partial charge in [0.2, 0.25) is 5.91 Å². The van der Waals surface area contributed by atoms with Crippen molar-refractivity contribution in [3.8, 4) is 0 Å². The number of carbonyl (C=O) groups is 2. The fraction of sp³-hybridized carbons (Fsp3) is 0.474. The van der Waals surface area contributed by atoms with E-state index in [2.05, 4.69) is 4.90 Å². The number of rotatable bonds is 3. The third kappa shape index (κ3) is 3.46. The Labute approximate surface area is 162 Å². The summed E-state index contributed by atoms with van der Waals surface area (Å²) in [4.78, 5) is 31.7. The summed E-state index contributed by atoms with van der Waals surface area (Å²) in [6, 6.07) is 7.84. The van der Waals surface area contributed by atoms with E-state index in [4.69, 9.17) is 11.6 Å². The maximum absolute atomic E-state index is 12.9. The minimum atomic E-state index is 0.00159. The third-order valence-corrected chi connectivity index (χ3v) is 6.87. The molecule has 2 fully saturated rings. The number of fused-ring (bicyclic) bond motifs is 1. The Hall–Kier alpha value is -1.63. The lowest BCUT2D eigenvalue weighted by molar-refractivity contribution is -0.131. The summed E-state index contributed by atoms with van der Waals surface area (Å²) in [6.45, 7) is 4.98. The molecule has 0 radical (unpaired) electrons. The van der Waals surface area contributed by atoms with Gasteiger partial charge in [-0.05, 0) is 18.9 Å². The highest BCUT2D eigenvalue weighted by atomic mass is 35.5. The highest BCUT2D eigenvalue weighted by Crippen LogP contribution is 2.36. The van der Waals surface area contributed by atoms with Crippen LogP contribution in [0.15, 0.2) is 24.3 Å². The molecule has 2 aromatic rings. The molecule has 4 rings (SSSR count). The van der Waals surface area contributed by atoms with Crippen molar-refractivity contribution in [1.29, 1.82) is 0 Å². The SMILES string of the molecule is O=C(CN1CCN(C(=O)c2sc3ccccc3c2Cl)CC1)N1CCCC1. The van der Waals surface area contributed by atoms with Gasteiger partial charge >= 0.3 is 0 Å². The summed E-state index contributed by atoms with van der Waals surface area (Å²) in [5.74, 6) is 0.219. The van der Waals surface area contributed by atoms with Crippen molar-refractivity contribution in [2.75, 3.05) is 45.8 Å². The standard InChI is InChI=1S/C19H22ClN3O2S/c20-17-14-5-1-2-6-15(14)26-18(17)19(25)23-11-9-21(10-12-23)13-16(24)22-7-3-4-8-22/h1-2,5-6H,3-4,7-13H2. The van der Waals surface area contributed by atoms with Gasteiger partial charge in [-0.3, -0.25) is 14.5 Å². The maximum Gasteiger partial charge on any atom is 0.265 e. The Morgan fingerprint density at radius 1 is 0.962 bits per heavy atom. The van der Waals surface area contributed by atoms with Crippen molar-refractivity contribution in [3.05, 3.63) is 34.2 Å². The van der Waals surface area contributed by atoms with Crippen LogP contribution < -0.4 is 0 Å². The van der Waals surface area contributed by atoms with Crippen molar-refractivity contribution in [3.63, 3.8) is 0 Å². The number of hydrogen-bond donors (Lipinski definition) is 0. The molecule has 1 aromatic heterocycles. The average molecular weight is 392 g/mol. The molecule has 3 heterocycles. The minimum absolute atomic E-state index is 0.00159. The molecule has 2 aliphatic rings. The Kier molecular flexibility index (Phi) is 5.16. The number of benzene rings is 1. The van der Waals surface area contributed by atoms with Gasteiger partial charge in [0.05, 0.1) is 11.6 Å². The molecule has 138 valence electrons. The normalized spacial score (nSPS) is 18.7. The number of thiophene rings is 1. The third-order valence-electron chi connectivity index (χ3n) is 5.21. The zero-order valence-corrected chi connectivity index (χ0v) is 16.2. The molecule has 0 atom stereocenters. The number of piperazine rings is 1. The molecule has 2 saturated heterocycles. The van der Waals surface area contributed by atoms with Gasteiger partial charge in [0, 0.05) is 49.4 Å². The number of likely N-dealkylation sites (tertiary alicyclic amines) is 1. The van der Waals surface area contributed by atoms with Gasteiger partial charge in [0.1, 0.15) is 4.88 Å². The predicted octanol–water partition coefficient (Wildman–Crippen LogP) is 2.93. The van der Waals surface area contributed by atoms with Crippen LogP contribution in [0.3, 0.4) is 0 Å². The first-order valence-corrected chi connectivity index (χ1v) is 10.3. The van der Waals surface area contributed by atoms with Crippen LogP contribution in [0.2, 0.25) is 5.02 Å². The van der Waals surface area contributed by atoms with E-state index in [0.29, 0.717) is 29.5 Å². The fourth-order valence-electron chi connectivity index (χ4n) is 3.66. The van der Waals surface area contributed by atoms with E-state index in [1.807, 2.05) is 34.1 Å². The molecule has 0 N–H and O–H groups in total. The lowest BCUT2D eigenvalue weighted by Gasteiger charge is -2.34. The molecular weight excluding hydrogens is 370 g/mol. The molecule has 5 nitrogen and oxygen atoms in total. The number of halogens is 1. The quantitative estimate of drug-likeness (QED) is 0.808. The molecule has 0 spiro atoms. The van der Waals surface area contributed by atoms with Gasteiger partial charge < -0.3 is 9.80 Å². The molecule has 1 aromatic carbocycles. The van der Waals surface area contributed by atoms with Crippen LogP contribution in [0.25, 0.3) is 10.1 Å². The van der Waals surface area contributed by atoms with Crippen molar-refractivity contribution >= 4 is 44.8 Å². The summed E-state index contributed by atoms with van der Waals surface area (Å²) in [7, 11) is 0. The van der Waals surface area contributed by atoms with Crippen LogP contribution in [-0.4, -0.2) is 72.3 Å². The van der Waals surface area contributed by atoms with Gasteiger partial charge in [-0.1, -0.05) is 29.8 Å². The first-order valence-electron chi connectivity index (χ1n) is 9.10. The monoisotopic (exact) mass is 391 g/mol. The molecule has 26 heavy (non-hydrogen) atoms. The zero-order valence-electron chi connectivity index (χ0n) is 14.6. The van der Waals surface area contributed by atoms with Gasteiger partial charge in [0.15, 0.2) is 0 Å². The molecule has 7 heteroatoms. The number of amides is 2. The number of carbonyl (C=O) groups excluding carboxylic acids is 2. The van der Waals surface area contributed by atoms with Gasteiger partial charge in [0.25, 0.3) is 5.91 Å². The summed E-state index contributed by atoms with van der Waals surface area (Å²) in [6.07, 6.45) is 2.23. The van der Waals surface area contributed by atoms with E-state index in [1.165, 1.54) is 11.3 Å². The summed E-state index contributed by atoms with van der Waals surface area (Å²) >= 11 is 7.90. The first kappa shape index (κ1) is 17.8. The smallest absolute Gasteiger partial charge is 0.265 e. The van der Waals surface area contributed by atoms with E-state index in [1.54, 1.807) is 0 Å². The molecule has 2 aliphatic heterocycles. The van der Waals surface area contributed by atoms with Crippen molar-refractivity contribution in [2.45, 2.75) is 12.8 Å². The number of nitrogens with zero attached hydrogens (tertiary/aromatic N) is 3. The molecular formula is C19H22ClN3O2S. The second-order valence-electron chi connectivity index (χ2n) is 6.90. The van der Waals surface area contributed by atoms with Crippen molar-refractivity contribution in [1.82, 2.24) is 14.7 Å². The van der Waals surface area contributed by atoms with Crippen LogP contribution in [-0.2, 0) is 4.79 Å². The second-order valence-corrected chi connectivity index (χ2v) is 8.33. The van der Waals surface area contributed by atoms with E-state index < -0.39 is 0 Å². The zero-order chi connectivity index (χ0) is 18.1. The first-order chi connectivity index (χ1) is 12.6. The van der Waals surface area contributed by atoms with Crippen LogP contribution in [0.5, 0.6) is 0 Å². The van der Waals surface area contributed by atoms with E-state index in [0.717, 1.165) is 49.1 Å². The predicted molar refractivity (Wildman–Crippen MR) is 105 cm³/mol. The summed E-state index contributed by atoms with van der Waals surface area (Å²) < 4.78 is 1.04. The van der Waals surface area contributed by atoms with Gasteiger partial charge in [-0.25, -0.2) is 0 Å². The van der Waals surface area contributed by atoms with Crippen LogP contribution >= 0.6 is 22.9 Å². The highest BCUT2D eigenvalue weighted by Gasteiger charge is 2.28. The molecule has 0 aliphatic carbocycles. The van der Waals surface area contributed by atoms with E-state index in [-0.39, 0.29) is 11.8 Å². The Bertz CT molecular complexity index is 823.